The molecule has 0 saturated heterocycles. The minimum atomic E-state index is 0.923. The Kier molecular flexibility index (Phi) is 49.6. The molecule has 0 heteroatoms. The van der Waals surface area contributed by atoms with Crippen molar-refractivity contribution in [3.05, 3.63) is 332 Å². The number of terminal acetylenes is 1. The molecule has 6 rings (SSSR count). The lowest BCUT2D eigenvalue weighted by atomic mass is 9.90. The van der Waals surface area contributed by atoms with Crippen molar-refractivity contribution in [1.82, 2.24) is 0 Å². The molecule has 0 spiro atoms. The molecule has 0 aliphatic carbocycles. The van der Waals surface area contributed by atoms with E-state index < -0.39 is 0 Å². The van der Waals surface area contributed by atoms with Crippen LogP contribution in [0.4, 0.5) is 0 Å². The summed E-state index contributed by atoms with van der Waals surface area (Å²) in [4.78, 5) is 0. The van der Waals surface area contributed by atoms with Crippen molar-refractivity contribution >= 4 is 16.7 Å². The van der Waals surface area contributed by atoms with Crippen LogP contribution in [0.15, 0.2) is 287 Å². The Morgan fingerprint density at radius 1 is 0.549 bits per heavy atom. The summed E-state index contributed by atoms with van der Waals surface area (Å²) < 4.78 is 0. The van der Waals surface area contributed by atoms with Gasteiger partial charge in [-0.25, -0.2) is 0 Å². The van der Waals surface area contributed by atoms with Gasteiger partial charge in [-0.1, -0.05) is 322 Å². The van der Waals surface area contributed by atoms with Gasteiger partial charge in [0.25, 0.3) is 0 Å². The van der Waals surface area contributed by atoms with Gasteiger partial charge in [-0.15, -0.1) is 38.7 Å². The Balaban J connectivity index is 0. The molecule has 0 saturated carbocycles. The van der Waals surface area contributed by atoms with E-state index in [1.54, 1.807) is 19.1 Å². The van der Waals surface area contributed by atoms with Crippen LogP contribution in [0, 0.1) is 45.0 Å². The highest BCUT2D eigenvalue weighted by atomic mass is 14.2. The summed E-state index contributed by atoms with van der Waals surface area (Å²) in [5.41, 5.74) is 25.5. The molecule has 0 unspecified atom stereocenters. The molecule has 0 N–H and O–H groups in total. The fourth-order valence-electron chi connectivity index (χ4n) is 8.90. The number of allylic oxidation sites excluding steroid dienone is 21. The van der Waals surface area contributed by atoms with E-state index in [1.165, 1.54) is 113 Å². The van der Waals surface area contributed by atoms with Gasteiger partial charge < -0.3 is 0 Å². The average Bonchev–Trinajstić information content (AvgIpc) is 3.00. The largest absolute Gasteiger partial charge is 0.115 e. The number of benzene rings is 6. The number of hydrogen-bond donors (Lipinski definition) is 0. The van der Waals surface area contributed by atoms with Crippen molar-refractivity contribution in [3.63, 3.8) is 0 Å². The zero-order valence-electron chi connectivity index (χ0n) is 59.3. The molecule has 0 atom stereocenters. The van der Waals surface area contributed by atoms with Crippen molar-refractivity contribution in [3.8, 4) is 57.6 Å². The summed E-state index contributed by atoms with van der Waals surface area (Å²) >= 11 is 0. The number of hydrogen-bond acceptors (Lipinski definition) is 0. The summed E-state index contributed by atoms with van der Waals surface area (Å²) in [5.74, 6) is 7.67. The lowest BCUT2D eigenvalue weighted by Gasteiger charge is -2.14. The molecular formula is C91H114. The smallest absolute Gasteiger partial charge is 0.00235 e. The summed E-state index contributed by atoms with van der Waals surface area (Å²) in [6.45, 7) is 57.4. The second kappa shape index (κ2) is 53.8. The fraction of sp³-hybridized carbons (Fsp3) is 0.253. The molecule has 0 fully saturated rings. The quantitative estimate of drug-likeness (QED) is 0.0431. The lowest BCUT2D eigenvalue weighted by molar-refractivity contribution is 0.923. The van der Waals surface area contributed by atoms with Crippen molar-refractivity contribution in [2.75, 3.05) is 0 Å². The van der Waals surface area contributed by atoms with E-state index in [-0.39, 0.29) is 0 Å². The molecule has 0 bridgehead atoms. The maximum absolute atomic E-state index is 4.86. The van der Waals surface area contributed by atoms with Gasteiger partial charge in [0.05, 0.1) is 0 Å². The van der Waals surface area contributed by atoms with Crippen LogP contribution < -0.4 is 0 Å². The Labute approximate surface area is 558 Å². The highest BCUT2D eigenvalue weighted by Crippen LogP contribution is 2.33. The van der Waals surface area contributed by atoms with E-state index in [9.17, 15) is 0 Å². The van der Waals surface area contributed by atoms with Gasteiger partial charge in [-0.3, -0.25) is 0 Å². The molecule has 6 aromatic carbocycles. The van der Waals surface area contributed by atoms with Crippen LogP contribution in [0.2, 0.25) is 0 Å². The van der Waals surface area contributed by atoms with E-state index in [0.717, 1.165) is 43.3 Å². The zero-order valence-corrected chi connectivity index (χ0v) is 59.3. The Morgan fingerprint density at radius 2 is 1.10 bits per heavy atom. The maximum Gasteiger partial charge on any atom is -0.00235 e. The SMILES string of the molecule is C#C/C=C/C#CC.C=C.C=C.C=C(C)/C(=C/C(=C\C)c1ccc(C)cc1)CC.C=C(C)/C=C\C=C/Cc1cccc(-c2ccc(-c3ccc(C(/C=C\CC)=C/C)cc3)cc2)c1C.C=C/C=C(\C=C/C)c1ccc(CCC)c(-c2ccccc2C)c1.CCC.CCC. The molecule has 478 valence electrons. The topological polar surface area (TPSA) is 0 Å². The molecule has 91 heavy (non-hydrogen) atoms. The first-order valence-electron chi connectivity index (χ1n) is 32.5. The van der Waals surface area contributed by atoms with E-state index in [0.29, 0.717) is 0 Å². The van der Waals surface area contributed by atoms with Crippen LogP contribution >= 0.6 is 0 Å². The summed E-state index contributed by atoms with van der Waals surface area (Å²) in [6, 6.07) is 48.5. The van der Waals surface area contributed by atoms with Gasteiger partial charge in [0.2, 0.25) is 0 Å². The maximum atomic E-state index is 4.86. The molecule has 0 heterocycles. The molecule has 0 radical (unpaired) electrons. The first-order valence-corrected chi connectivity index (χ1v) is 32.5. The van der Waals surface area contributed by atoms with Gasteiger partial charge in [0, 0.05) is 0 Å². The first-order chi connectivity index (χ1) is 44.1. The van der Waals surface area contributed by atoms with Crippen LogP contribution in [0.5, 0.6) is 0 Å². The molecule has 0 amide bonds. The highest BCUT2D eigenvalue weighted by Gasteiger charge is 2.11. The van der Waals surface area contributed by atoms with Crippen LogP contribution in [-0.4, -0.2) is 0 Å². The van der Waals surface area contributed by atoms with Crippen LogP contribution in [0.1, 0.15) is 167 Å². The van der Waals surface area contributed by atoms with Crippen molar-refractivity contribution in [2.45, 2.75) is 156 Å². The van der Waals surface area contributed by atoms with Crippen molar-refractivity contribution < 1.29 is 0 Å². The third-order valence-corrected chi connectivity index (χ3v) is 13.4. The summed E-state index contributed by atoms with van der Waals surface area (Å²) in [5, 5.41) is 0. The average molecular weight is 1210 g/mol. The summed E-state index contributed by atoms with van der Waals surface area (Å²) in [7, 11) is 0. The number of rotatable bonds is 19. The molecule has 6 aromatic rings. The first kappa shape index (κ1) is 83.9. The Hall–Kier alpha value is -9.20. The van der Waals surface area contributed by atoms with Gasteiger partial charge in [-0.05, 0) is 201 Å². The third-order valence-electron chi connectivity index (χ3n) is 13.4. The Morgan fingerprint density at radius 3 is 1.60 bits per heavy atom. The molecular weight excluding hydrogens is 1090 g/mol. The zero-order chi connectivity index (χ0) is 68.8. The van der Waals surface area contributed by atoms with Gasteiger partial charge in [-0.2, -0.15) is 0 Å². The van der Waals surface area contributed by atoms with Crippen LogP contribution in [0.3, 0.4) is 0 Å². The van der Waals surface area contributed by atoms with E-state index in [1.807, 2.05) is 32.1 Å². The third kappa shape index (κ3) is 33.8. The van der Waals surface area contributed by atoms with Gasteiger partial charge in [0.15, 0.2) is 0 Å². The Bertz CT molecular complexity index is 3420. The monoisotopic (exact) mass is 1210 g/mol. The standard InChI is InChI=1S/C34H36.C23H26.C17H22.C7H6.2C3H8.2C2H4/c1-6-8-14-28(7-2)30-18-20-31(21-19-30)32-22-24-33(25-23-32)34-17-12-16-29(27(34)5)15-11-9-10-13-26(3)4;1-5-10-19(11-6-2)21-16-15-20(12-7-3)23(17-21)22-14-9-8-13-18(22)4;1-6-15(13(3)4)12-16(7-2)17-10-8-14(5)9-11-17;1-3-5-7-6-4-2;2*1-3-2;2*1-2/h7-14,16-25H,3,6,15H2,1-2,4-5H3;5-6,8-11,13-17H,1,7,12H2,2-4H3;7-12H,3,6H2,1-2,4-5H3;1,5,7H,2H3;2*3H2,1-2H3;2*1-2H2/b11-9-,13-10-,14-8-,28-7+;11-6-,19-10+;15-12+,16-7+;7-5+;;;;. The highest BCUT2D eigenvalue weighted by molar-refractivity contribution is 5.81. The fourth-order valence-corrected chi connectivity index (χ4v) is 8.90. The predicted octanol–water partition coefficient (Wildman–Crippen LogP) is 27.6. The minimum Gasteiger partial charge on any atom is -0.115 e. The second-order valence-electron chi connectivity index (χ2n) is 21.2. The normalized spacial score (nSPS) is 11.0. The minimum absolute atomic E-state index is 0.923. The number of aryl methyl sites for hydroxylation is 3. The lowest BCUT2D eigenvalue weighted by Crippen LogP contribution is -1.94. The van der Waals surface area contributed by atoms with Gasteiger partial charge >= 0.3 is 0 Å². The molecule has 0 nitrogen and oxygen atoms in total. The molecule has 0 aliphatic heterocycles. The van der Waals surface area contributed by atoms with E-state index >= 15 is 0 Å². The van der Waals surface area contributed by atoms with E-state index in [2.05, 4.69) is 348 Å². The summed E-state index contributed by atoms with van der Waals surface area (Å²) in [6.07, 6.45) is 43.3. The predicted molar refractivity (Wildman–Crippen MR) is 419 cm³/mol. The van der Waals surface area contributed by atoms with Crippen LogP contribution in [0.25, 0.3) is 50.1 Å². The molecule has 0 aromatic heterocycles. The van der Waals surface area contributed by atoms with Crippen molar-refractivity contribution in [2.24, 2.45) is 0 Å². The van der Waals surface area contributed by atoms with Crippen LogP contribution in [-0.2, 0) is 12.8 Å². The molecule has 0 aliphatic rings. The van der Waals surface area contributed by atoms with E-state index in [4.69, 9.17) is 6.42 Å². The second-order valence-corrected chi connectivity index (χ2v) is 21.2. The van der Waals surface area contributed by atoms with Gasteiger partial charge in [0.1, 0.15) is 0 Å². The van der Waals surface area contributed by atoms with Crippen molar-refractivity contribution in [1.29, 1.82) is 0 Å².